The van der Waals surface area contributed by atoms with Gasteiger partial charge >= 0.3 is 0 Å². The topological polar surface area (TPSA) is 55.1 Å². The maximum Gasteiger partial charge on any atom is 0.226 e. The van der Waals surface area contributed by atoms with Gasteiger partial charge in [0.15, 0.2) is 0 Å². The van der Waals surface area contributed by atoms with Crippen LogP contribution in [-0.4, -0.2) is 17.4 Å². The van der Waals surface area contributed by atoms with Gasteiger partial charge in [-0.25, -0.2) is 4.98 Å². The Morgan fingerprint density at radius 1 is 1.17 bits per heavy atom. The molecule has 4 heteroatoms. The van der Waals surface area contributed by atoms with Crippen molar-refractivity contribution in [1.82, 2.24) is 10.3 Å². The number of aryl methyl sites for hydroxylation is 2. The second-order valence-electron chi connectivity index (χ2n) is 7.23. The molecule has 1 aromatic carbocycles. The molecule has 1 heterocycles. The van der Waals surface area contributed by atoms with Gasteiger partial charge in [-0.2, -0.15) is 0 Å². The van der Waals surface area contributed by atoms with Crippen molar-refractivity contribution >= 4 is 5.91 Å². The molecule has 23 heavy (non-hydrogen) atoms. The monoisotopic (exact) mass is 314 g/mol. The van der Waals surface area contributed by atoms with E-state index in [-0.39, 0.29) is 11.3 Å². The summed E-state index contributed by atoms with van der Waals surface area (Å²) in [5, 5.41) is 2.95. The summed E-state index contributed by atoms with van der Waals surface area (Å²) in [6.45, 7) is 10.7. The third kappa shape index (κ3) is 5.23. The first-order chi connectivity index (χ1) is 10.7. The summed E-state index contributed by atoms with van der Waals surface area (Å²) >= 11 is 0. The van der Waals surface area contributed by atoms with E-state index in [0.29, 0.717) is 25.3 Å². The molecule has 0 aliphatic heterocycles. The molecule has 0 aliphatic rings. The first kappa shape index (κ1) is 17.3. The predicted molar refractivity (Wildman–Crippen MR) is 92.2 cm³/mol. The minimum atomic E-state index is 0.00645. The van der Waals surface area contributed by atoms with Gasteiger partial charge in [0, 0.05) is 24.9 Å². The van der Waals surface area contributed by atoms with E-state index in [0.717, 1.165) is 17.0 Å². The van der Waals surface area contributed by atoms with Gasteiger partial charge in [0.25, 0.3) is 0 Å². The number of carbonyl (C=O) groups excluding carboxylic acids is 1. The molecule has 1 aromatic heterocycles. The number of aromatic nitrogens is 1. The molecule has 124 valence electrons. The largest absolute Gasteiger partial charge is 0.441 e. The first-order valence-corrected chi connectivity index (χ1v) is 8.05. The Hall–Kier alpha value is -2.10. The Labute approximate surface area is 138 Å². The highest BCUT2D eigenvalue weighted by Gasteiger charge is 2.16. The molecule has 2 rings (SSSR count). The Morgan fingerprint density at radius 2 is 1.83 bits per heavy atom. The Bertz CT molecular complexity index is 664. The van der Waals surface area contributed by atoms with E-state index in [9.17, 15) is 4.79 Å². The van der Waals surface area contributed by atoms with E-state index in [1.54, 1.807) is 0 Å². The van der Waals surface area contributed by atoms with Crippen LogP contribution in [-0.2, 0) is 11.2 Å². The van der Waals surface area contributed by atoms with Gasteiger partial charge < -0.3 is 9.73 Å². The van der Waals surface area contributed by atoms with Crippen LogP contribution in [0.3, 0.4) is 0 Å². The minimum Gasteiger partial charge on any atom is -0.441 e. The highest BCUT2D eigenvalue weighted by molar-refractivity contribution is 5.76. The molecule has 0 saturated heterocycles. The van der Waals surface area contributed by atoms with Crippen molar-refractivity contribution in [1.29, 1.82) is 0 Å². The van der Waals surface area contributed by atoms with E-state index in [1.807, 2.05) is 31.2 Å². The number of benzene rings is 1. The molecular formula is C19H26N2O2. The molecule has 0 bridgehead atoms. The van der Waals surface area contributed by atoms with Crippen LogP contribution in [0.4, 0.5) is 0 Å². The van der Waals surface area contributed by atoms with Crippen LogP contribution in [0.1, 0.15) is 44.2 Å². The molecule has 0 fully saturated rings. The molecular weight excluding hydrogens is 288 g/mol. The fourth-order valence-electron chi connectivity index (χ4n) is 2.34. The Balaban J connectivity index is 1.94. The number of nitrogens with one attached hydrogen (secondary N) is 1. The van der Waals surface area contributed by atoms with Gasteiger partial charge in [-0.15, -0.1) is 0 Å². The van der Waals surface area contributed by atoms with Crippen molar-refractivity contribution in [2.24, 2.45) is 5.41 Å². The summed E-state index contributed by atoms with van der Waals surface area (Å²) in [7, 11) is 0. The van der Waals surface area contributed by atoms with Gasteiger partial charge in [0.1, 0.15) is 5.76 Å². The molecule has 0 unspecified atom stereocenters. The number of rotatable bonds is 5. The van der Waals surface area contributed by atoms with Crippen LogP contribution in [0.2, 0.25) is 0 Å². The number of hydrogen-bond acceptors (Lipinski definition) is 3. The van der Waals surface area contributed by atoms with E-state index < -0.39 is 0 Å². The lowest BCUT2D eigenvalue weighted by Gasteiger charge is -2.17. The molecule has 0 aliphatic carbocycles. The number of amides is 1. The Morgan fingerprint density at radius 3 is 2.43 bits per heavy atom. The SMILES string of the molecule is Cc1ccc(-c2nc(CCNC(=O)CC(C)(C)C)c(C)o2)cc1. The molecule has 1 amide bonds. The van der Waals surface area contributed by atoms with Gasteiger partial charge in [-0.3, -0.25) is 4.79 Å². The molecule has 0 radical (unpaired) electrons. The summed E-state index contributed by atoms with van der Waals surface area (Å²) in [6.07, 6.45) is 1.20. The van der Waals surface area contributed by atoms with Crippen molar-refractivity contribution in [3.63, 3.8) is 0 Å². The second kappa shape index (κ2) is 6.99. The third-order valence-corrected chi connectivity index (χ3v) is 3.57. The fourth-order valence-corrected chi connectivity index (χ4v) is 2.34. The summed E-state index contributed by atoms with van der Waals surface area (Å²) in [6, 6.07) is 8.10. The van der Waals surface area contributed by atoms with Gasteiger partial charge in [0.05, 0.1) is 5.69 Å². The lowest BCUT2D eigenvalue weighted by molar-refractivity contribution is -0.122. The average Bonchev–Trinajstić information content (AvgIpc) is 2.79. The average molecular weight is 314 g/mol. The number of nitrogens with zero attached hydrogens (tertiary/aromatic N) is 1. The van der Waals surface area contributed by atoms with E-state index in [1.165, 1.54) is 5.56 Å². The first-order valence-electron chi connectivity index (χ1n) is 8.05. The maximum atomic E-state index is 11.8. The smallest absolute Gasteiger partial charge is 0.226 e. The zero-order valence-electron chi connectivity index (χ0n) is 14.7. The number of carbonyl (C=O) groups is 1. The molecule has 4 nitrogen and oxygen atoms in total. The van der Waals surface area contributed by atoms with Crippen molar-refractivity contribution in [3.05, 3.63) is 41.3 Å². The second-order valence-corrected chi connectivity index (χ2v) is 7.23. The van der Waals surface area contributed by atoms with Crippen LogP contribution in [0, 0.1) is 19.3 Å². The summed E-state index contributed by atoms with van der Waals surface area (Å²) in [4.78, 5) is 16.4. The third-order valence-electron chi connectivity index (χ3n) is 3.57. The number of hydrogen-bond donors (Lipinski definition) is 1. The van der Waals surface area contributed by atoms with E-state index >= 15 is 0 Å². The van der Waals surface area contributed by atoms with Gasteiger partial charge in [0.2, 0.25) is 11.8 Å². The van der Waals surface area contributed by atoms with Crippen LogP contribution in [0.5, 0.6) is 0 Å². The summed E-state index contributed by atoms with van der Waals surface area (Å²) < 4.78 is 5.75. The lowest BCUT2D eigenvalue weighted by atomic mass is 9.92. The molecule has 0 atom stereocenters. The predicted octanol–water partition coefficient (Wildman–Crippen LogP) is 4.05. The fraction of sp³-hybridized carbons (Fsp3) is 0.474. The zero-order chi connectivity index (χ0) is 17.0. The van der Waals surface area contributed by atoms with E-state index in [4.69, 9.17) is 4.42 Å². The molecule has 0 spiro atoms. The van der Waals surface area contributed by atoms with Crippen LogP contribution in [0.25, 0.3) is 11.5 Å². The van der Waals surface area contributed by atoms with Crippen molar-refractivity contribution in [3.8, 4) is 11.5 Å². The zero-order valence-corrected chi connectivity index (χ0v) is 14.7. The van der Waals surface area contributed by atoms with Crippen LogP contribution >= 0.6 is 0 Å². The van der Waals surface area contributed by atoms with Crippen LogP contribution < -0.4 is 5.32 Å². The molecule has 1 N–H and O–H groups in total. The van der Waals surface area contributed by atoms with Gasteiger partial charge in [-0.1, -0.05) is 38.5 Å². The van der Waals surface area contributed by atoms with Crippen molar-refractivity contribution in [2.75, 3.05) is 6.54 Å². The normalized spacial score (nSPS) is 11.5. The van der Waals surface area contributed by atoms with Crippen LogP contribution in [0.15, 0.2) is 28.7 Å². The number of oxazole rings is 1. The standard InChI is InChI=1S/C19H26N2O2/c1-13-6-8-15(9-7-13)18-21-16(14(2)23-18)10-11-20-17(22)12-19(3,4)5/h6-9H,10-12H2,1-5H3,(H,20,22). The van der Waals surface area contributed by atoms with E-state index in [2.05, 4.69) is 38.0 Å². The summed E-state index contributed by atoms with van der Waals surface area (Å²) in [5.41, 5.74) is 3.09. The lowest BCUT2D eigenvalue weighted by Crippen LogP contribution is -2.29. The van der Waals surface area contributed by atoms with Crippen molar-refractivity contribution in [2.45, 2.75) is 47.5 Å². The maximum absolute atomic E-state index is 11.8. The Kier molecular flexibility index (Phi) is 5.24. The van der Waals surface area contributed by atoms with Gasteiger partial charge in [-0.05, 0) is 31.4 Å². The van der Waals surface area contributed by atoms with Crippen molar-refractivity contribution < 1.29 is 9.21 Å². The highest BCUT2D eigenvalue weighted by atomic mass is 16.4. The minimum absolute atomic E-state index is 0.00645. The summed E-state index contributed by atoms with van der Waals surface area (Å²) in [5.74, 6) is 1.53. The highest BCUT2D eigenvalue weighted by Crippen LogP contribution is 2.22. The quantitative estimate of drug-likeness (QED) is 0.905. The molecule has 0 saturated carbocycles. The molecule has 2 aromatic rings.